The molecule has 0 fully saturated rings. The number of nitrogens with one attached hydrogen (secondary N) is 1. The van der Waals surface area contributed by atoms with Crippen LogP contribution in [-0.2, 0) is 0 Å². The SMILES string of the molecule is Cc1ccc(C(=O)NCC(C)CBr)c(C)n1. The van der Waals surface area contributed by atoms with Gasteiger partial charge in [0.15, 0.2) is 0 Å². The van der Waals surface area contributed by atoms with Crippen molar-refractivity contribution in [2.75, 3.05) is 11.9 Å². The molecule has 1 heterocycles. The van der Waals surface area contributed by atoms with Crippen LogP contribution in [-0.4, -0.2) is 22.8 Å². The minimum Gasteiger partial charge on any atom is -0.352 e. The van der Waals surface area contributed by atoms with E-state index in [9.17, 15) is 4.79 Å². The van der Waals surface area contributed by atoms with Gasteiger partial charge in [0.25, 0.3) is 5.91 Å². The van der Waals surface area contributed by atoms with Gasteiger partial charge in [-0.3, -0.25) is 9.78 Å². The quantitative estimate of drug-likeness (QED) is 0.863. The number of aromatic nitrogens is 1. The minimum absolute atomic E-state index is 0.0437. The monoisotopic (exact) mass is 284 g/mol. The fourth-order valence-electron chi connectivity index (χ4n) is 1.34. The lowest BCUT2D eigenvalue weighted by molar-refractivity contribution is 0.0948. The molecule has 0 saturated heterocycles. The third-order valence-corrected chi connectivity index (χ3v) is 3.45. The molecule has 1 atom stereocenters. The molecule has 1 unspecified atom stereocenters. The van der Waals surface area contributed by atoms with E-state index in [1.165, 1.54) is 0 Å². The molecule has 1 amide bonds. The zero-order chi connectivity index (χ0) is 12.1. The molecule has 0 bridgehead atoms. The Bertz CT molecular complexity index is 379. The Balaban J connectivity index is 2.66. The van der Waals surface area contributed by atoms with Gasteiger partial charge in [-0.05, 0) is 31.9 Å². The summed E-state index contributed by atoms with van der Waals surface area (Å²) >= 11 is 3.38. The van der Waals surface area contributed by atoms with Crippen molar-refractivity contribution in [2.24, 2.45) is 5.92 Å². The van der Waals surface area contributed by atoms with E-state index in [1.807, 2.05) is 26.0 Å². The molecule has 0 saturated carbocycles. The average Bonchev–Trinajstić information content (AvgIpc) is 2.25. The summed E-state index contributed by atoms with van der Waals surface area (Å²) in [4.78, 5) is 16.1. The van der Waals surface area contributed by atoms with E-state index < -0.39 is 0 Å². The Morgan fingerprint density at radius 2 is 2.19 bits per heavy atom. The number of alkyl halides is 1. The lowest BCUT2D eigenvalue weighted by atomic mass is 10.1. The van der Waals surface area contributed by atoms with Gasteiger partial charge in [0.05, 0.1) is 11.3 Å². The van der Waals surface area contributed by atoms with Crippen molar-refractivity contribution in [3.05, 3.63) is 29.1 Å². The Labute approximate surface area is 105 Å². The van der Waals surface area contributed by atoms with Gasteiger partial charge < -0.3 is 5.32 Å². The van der Waals surface area contributed by atoms with E-state index in [0.29, 0.717) is 18.0 Å². The van der Waals surface area contributed by atoms with Gasteiger partial charge in [-0.15, -0.1) is 0 Å². The Morgan fingerprint density at radius 1 is 1.50 bits per heavy atom. The van der Waals surface area contributed by atoms with Gasteiger partial charge >= 0.3 is 0 Å². The molecule has 0 aliphatic carbocycles. The van der Waals surface area contributed by atoms with Crippen molar-refractivity contribution in [2.45, 2.75) is 20.8 Å². The van der Waals surface area contributed by atoms with Crippen LogP contribution in [0.4, 0.5) is 0 Å². The molecule has 0 aliphatic heterocycles. The first-order valence-electron chi connectivity index (χ1n) is 5.33. The van der Waals surface area contributed by atoms with Crippen molar-refractivity contribution in [1.29, 1.82) is 0 Å². The lowest BCUT2D eigenvalue weighted by Crippen LogP contribution is -2.29. The molecule has 16 heavy (non-hydrogen) atoms. The molecule has 88 valence electrons. The summed E-state index contributed by atoms with van der Waals surface area (Å²) in [6, 6.07) is 3.68. The first-order valence-corrected chi connectivity index (χ1v) is 6.45. The Morgan fingerprint density at radius 3 is 2.75 bits per heavy atom. The number of aryl methyl sites for hydroxylation is 2. The van der Waals surface area contributed by atoms with Crippen molar-refractivity contribution in [3.8, 4) is 0 Å². The second-order valence-electron chi connectivity index (χ2n) is 4.06. The summed E-state index contributed by atoms with van der Waals surface area (Å²) in [7, 11) is 0. The third kappa shape index (κ3) is 3.59. The number of halogens is 1. The first kappa shape index (κ1) is 13.2. The van der Waals surface area contributed by atoms with E-state index in [1.54, 1.807) is 0 Å². The van der Waals surface area contributed by atoms with E-state index in [2.05, 4.69) is 33.2 Å². The van der Waals surface area contributed by atoms with E-state index in [0.717, 1.165) is 16.7 Å². The van der Waals surface area contributed by atoms with Crippen molar-refractivity contribution >= 4 is 21.8 Å². The van der Waals surface area contributed by atoms with Crippen LogP contribution in [0.2, 0.25) is 0 Å². The predicted molar refractivity (Wildman–Crippen MR) is 69.0 cm³/mol. The Kier molecular flexibility index (Phi) is 4.93. The Hall–Kier alpha value is -0.900. The van der Waals surface area contributed by atoms with Crippen LogP contribution in [0.15, 0.2) is 12.1 Å². The van der Waals surface area contributed by atoms with Crippen LogP contribution in [0, 0.1) is 19.8 Å². The number of hydrogen-bond acceptors (Lipinski definition) is 2. The van der Waals surface area contributed by atoms with Crippen LogP contribution in [0.5, 0.6) is 0 Å². The second-order valence-corrected chi connectivity index (χ2v) is 4.70. The molecule has 0 aromatic carbocycles. The number of rotatable bonds is 4. The molecule has 1 rings (SSSR count). The van der Waals surface area contributed by atoms with E-state index in [-0.39, 0.29) is 5.91 Å². The topological polar surface area (TPSA) is 42.0 Å². The molecule has 1 aromatic heterocycles. The standard InChI is InChI=1S/C12H17BrN2O/c1-8(6-13)7-14-12(16)11-5-4-9(2)15-10(11)3/h4-5,8H,6-7H2,1-3H3,(H,14,16). The molecule has 0 spiro atoms. The van der Waals surface area contributed by atoms with E-state index >= 15 is 0 Å². The van der Waals surface area contributed by atoms with E-state index in [4.69, 9.17) is 0 Å². The molecule has 0 radical (unpaired) electrons. The molecule has 0 aliphatic rings. The summed E-state index contributed by atoms with van der Waals surface area (Å²) in [5, 5.41) is 3.79. The van der Waals surface area contributed by atoms with Crippen LogP contribution in [0.3, 0.4) is 0 Å². The van der Waals surface area contributed by atoms with Crippen molar-refractivity contribution in [1.82, 2.24) is 10.3 Å². The predicted octanol–water partition coefficient (Wildman–Crippen LogP) is 2.46. The summed E-state index contributed by atoms with van der Waals surface area (Å²) in [5.41, 5.74) is 2.37. The molecular weight excluding hydrogens is 268 g/mol. The highest BCUT2D eigenvalue weighted by atomic mass is 79.9. The number of amides is 1. The molecule has 1 aromatic rings. The molecular formula is C12H17BrN2O. The molecule has 1 N–H and O–H groups in total. The first-order chi connectivity index (χ1) is 7.54. The highest BCUT2D eigenvalue weighted by molar-refractivity contribution is 9.09. The summed E-state index contributed by atoms with van der Waals surface area (Å²) in [6.07, 6.45) is 0. The molecule has 4 heteroatoms. The average molecular weight is 285 g/mol. The fourth-order valence-corrected chi connectivity index (χ4v) is 1.57. The molecule has 3 nitrogen and oxygen atoms in total. The number of nitrogens with zero attached hydrogens (tertiary/aromatic N) is 1. The maximum Gasteiger partial charge on any atom is 0.253 e. The number of hydrogen-bond donors (Lipinski definition) is 1. The normalized spacial score (nSPS) is 12.2. The van der Waals surface area contributed by atoms with Gasteiger partial charge in [0, 0.05) is 17.6 Å². The lowest BCUT2D eigenvalue weighted by Gasteiger charge is -2.10. The summed E-state index contributed by atoms with van der Waals surface area (Å²) in [6.45, 7) is 6.53. The van der Waals surface area contributed by atoms with Crippen LogP contribution >= 0.6 is 15.9 Å². The highest BCUT2D eigenvalue weighted by Crippen LogP contribution is 2.06. The van der Waals surface area contributed by atoms with Crippen LogP contribution in [0.25, 0.3) is 0 Å². The zero-order valence-corrected chi connectivity index (χ0v) is 11.5. The van der Waals surface area contributed by atoms with Crippen molar-refractivity contribution < 1.29 is 4.79 Å². The smallest absolute Gasteiger partial charge is 0.253 e. The summed E-state index contributed by atoms with van der Waals surface area (Å²) in [5.74, 6) is 0.389. The zero-order valence-electron chi connectivity index (χ0n) is 9.88. The fraction of sp³-hybridized carbons (Fsp3) is 0.500. The maximum absolute atomic E-state index is 11.8. The van der Waals surface area contributed by atoms with Gasteiger partial charge in [0.1, 0.15) is 0 Å². The number of pyridine rings is 1. The number of carbonyl (C=O) groups is 1. The minimum atomic E-state index is -0.0437. The third-order valence-electron chi connectivity index (χ3n) is 2.34. The largest absolute Gasteiger partial charge is 0.352 e. The van der Waals surface area contributed by atoms with Crippen molar-refractivity contribution in [3.63, 3.8) is 0 Å². The van der Waals surface area contributed by atoms with Gasteiger partial charge in [-0.2, -0.15) is 0 Å². The van der Waals surface area contributed by atoms with Gasteiger partial charge in [0.2, 0.25) is 0 Å². The second kappa shape index (κ2) is 5.99. The van der Waals surface area contributed by atoms with Gasteiger partial charge in [-0.1, -0.05) is 22.9 Å². The van der Waals surface area contributed by atoms with Crippen LogP contribution in [0.1, 0.15) is 28.7 Å². The number of carbonyl (C=O) groups excluding carboxylic acids is 1. The van der Waals surface area contributed by atoms with Gasteiger partial charge in [-0.25, -0.2) is 0 Å². The highest BCUT2D eigenvalue weighted by Gasteiger charge is 2.10. The maximum atomic E-state index is 11.8. The summed E-state index contributed by atoms with van der Waals surface area (Å²) < 4.78 is 0. The van der Waals surface area contributed by atoms with Crippen LogP contribution < -0.4 is 5.32 Å².